The highest BCUT2D eigenvalue weighted by atomic mass is 16.3. The third kappa shape index (κ3) is 3.86. The van der Waals surface area contributed by atoms with Crippen LogP contribution in [0, 0.1) is 5.92 Å². The summed E-state index contributed by atoms with van der Waals surface area (Å²) in [6.07, 6.45) is 3.79. The van der Waals surface area contributed by atoms with Crippen LogP contribution in [0.1, 0.15) is 36.8 Å². The molecule has 0 spiro atoms. The molecule has 2 aliphatic heterocycles. The van der Waals surface area contributed by atoms with Crippen molar-refractivity contribution in [3.63, 3.8) is 0 Å². The van der Waals surface area contributed by atoms with E-state index in [-0.39, 0.29) is 30.3 Å². The lowest BCUT2D eigenvalue weighted by Crippen LogP contribution is -3.14. The summed E-state index contributed by atoms with van der Waals surface area (Å²) >= 11 is 0. The van der Waals surface area contributed by atoms with Gasteiger partial charge in [0.15, 0.2) is 12.3 Å². The van der Waals surface area contributed by atoms with Crippen molar-refractivity contribution in [2.75, 3.05) is 19.6 Å². The first-order valence-corrected chi connectivity index (χ1v) is 10.6. The summed E-state index contributed by atoms with van der Waals surface area (Å²) in [5, 5.41) is 7.16. The molecule has 2 aromatic heterocycles. The number of quaternary nitrogens is 1. The molecule has 3 atom stereocenters. The molecule has 0 radical (unpaired) electrons. The molecule has 2 aliphatic rings. The first kappa shape index (κ1) is 19.6. The number of nitrogens with two attached hydrogens (primary N) is 1. The molecule has 1 aromatic carbocycles. The second kappa shape index (κ2) is 8.03. The molecule has 1 fully saturated rings. The Labute approximate surface area is 179 Å². The lowest BCUT2D eigenvalue weighted by molar-refractivity contribution is -0.899. The van der Waals surface area contributed by atoms with Gasteiger partial charge in [0.1, 0.15) is 23.1 Å². The standard InChI is InChI=1S/C23H24N4O4/c24-23(29)16-6-3-9-26(13-16)14-22(28)27-18(20-8-4-10-30-20)12-17(25-27)21-11-15-5-1-2-7-19(15)31-21/h1-2,4-5,7-8,10-11,16,18H,3,6,9,12-14H2,(H2,24,29)/p+1/t16-,18-/m0/s1. The Morgan fingerprint density at radius 3 is 2.87 bits per heavy atom. The van der Waals surface area contributed by atoms with E-state index >= 15 is 0 Å². The molecule has 1 saturated heterocycles. The monoisotopic (exact) mass is 421 g/mol. The number of carbonyl (C=O) groups is 2. The van der Waals surface area contributed by atoms with Crippen LogP contribution in [0.4, 0.5) is 0 Å². The van der Waals surface area contributed by atoms with Gasteiger partial charge in [0.2, 0.25) is 5.91 Å². The zero-order chi connectivity index (χ0) is 21.4. The van der Waals surface area contributed by atoms with E-state index in [1.807, 2.05) is 42.5 Å². The molecule has 0 saturated carbocycles. The number of piperidine rings is 1. The number of hydrogen-bond acceptors (Lipinski definition) is 5. The van der Waals surface area contributed by atoms with Crippen molar-refractivity contribution in [2.24, 2.45) is 16.8 Å². The van der Waals surface area contributed by atoms with Crippen LogP contribution in [-0.4, -0.2) is 42.2 Å². The Kier molecular flexibility index (Phi) is 5.07. The number of fused-ring (bicyclic) bond motifs is 1. The molecule has 0 bridgehead atoms. The highest BCUT2D eigenvalue weighted by Crippen LogP contribution is 2.34. The number of primary amides is 1. The maximum atomic E-state index is 13.3. The SMILES string of the molecule is NC(=O)[C@H]1CCC[NH+](CC(=O)N2N=C(c3cc4ccccc4o3)C[C@H]2c2ccco2)C1. The second-order valence-electron chi connectivity index (χ2n) is 8.29. The number of likely N-dealkylation sites (tertiary alicyclic amines) is 1. The van der Waals surface area contributed by atoms with Crippen LogP contribution in [0.2, 0.25) is 0 Å². The maximum absolute atomic E-state index is 13.3. The molecule has 8 heteroatoms. The zero-order valence-electron chi connectivity index (χ0n) is 17.1. The number of nitrogens with one attached hydrogen (secondary N) is 1. The number of furan rings is 2. The number of para-hydroxylation sites is 1. The van der Waals surface area contributed by atoms with Crippen molar-refractivity contribution >= 4 is 28.5 Å². The lowest BCUT2D eigenvalue weighted by atomic mass is 9.97. The van der Waals surface area contributed by atoms with Crippen molar-refractivity contribution in [1.82, 2.24) is 5.01 Å². The average molecular weight is 421 g/mol. The molecule has 8 nitrogen and oxygen atoms in total. The quantitative estimate of drug-likeness (QED) is 0.651. The normalized spacial score (nSPS) is 23.8. The van der Waals surface area contributed by atoms with Gasteiger partial charge in [-0.1, -0.05) is 18.2 Å². The van der Waals surface area contributed by atoms with Crippen LogP contribution >= 0.6 is 0 Å². The highest BCUT2D eigenvalue weighted by molar-refractivity contribution is 6.03. The Balaban J connectivity index is 1.39. The molecular formula is C23H25N4O4+. The molecule has 31 heavy (non-hydrogen) atoms. The van der Waals surface area contributed by atoms with Crippen molar-refractivity contribution in [3.05, 3.63) is 60.2 Å². The van der Waals surface area contributed by atoms with Crippen LogP contribution in [-0.2, 0) is 9.59 Å². The fraction of sp³-hybridized carbons (Fsp3) is 0.348. The van der Waals surface area contributed by atoms with E-state index < -0.39 is 0 Å². The summed E-state index contributed by atoms with van der Waals surface area (Å²) in [7, 11) is 0. The largest absolute Gasteiger partial charge is 0.467 e. The summed E-state index contributed by atoms with van der Waals surface area (Å²) in [5.41, 5.74) is 6.99. The van der Waals surface area contributed by atoms with Crippen LogP contribution in [0.5, 0.6) is 0 Å². The van der Waals surface area contributed by atoms with Gasteiger partial charge in [-0.2, -0.15) is 5.10 Å². The van der Waals surface area contributed by atoms with Crippen LogP contribution < -0.4 is 10.6 Å². The Hall–Kier alpha value is -3.39. The summed E-state index contributed by atoms with van der Waals surface area (Å²) in [6.45, 7) is 1.69. The molecule has 0 aliphatic carbocycles. The van der Waals surface area contributed by atoms with Crippen molar-refractivity contribution < 1.29 is 23.3 Å². The summed E-state index contributed by atoms with van der Waals surface area (Å²) in [4.78, 5) is 25.9. The van der Waals surface area contributed by atoms with Gasteiger partial charge in [-0.25, -0.2) is 5.01 Å². The van der Waals surface area contributed by atoms with E-state index in [9.17, 15) is 9.59 Å². The number of benzene rings is 1. The Bertz CT molecular complexity index is 1100. The zero-order valence-corrected chi connectivity index (χ0v) is 17.1. The van der Waals surface area contributed by atoms with Gasteiger partial charge in [0.05, 0.1) is 25.3 Å². The van der Waals surface area contributed by atoms with E-state index in [0.717, 1.165) is 41.0 Å². The van der Waals surface area contributed by atoms with Crippen molar-refractivity contribution in [1.29, 1.82) is 0 Å². The number of rotatable bonds is 5. The van der Waals surface area contributed by atoms with E-state index in [0.29, 0.717) is 24.5 Å². The third-order valence-corrected chi connectivity index (χ3v) is 6.17. The maximum Gasteiger partial charge on any atom is 0.298 e. The van der Waals surface area contributed by atoms with Crippen LogP contribution in [0.15, 0.2) is 62.7 Å². The number of hydrazone groups is 1. The Morgan fingerprint density at radius 2 is 2.10 bits per heavy atom. The highest BCUT2D eigenvalue weighted by Gasteiger charge is 2.38. The summed E-state index contributed by atoms with van der Waals surface area (Å²) in [6, 6.07) is 13.1. The minimum absolute atomic E-state index is 0.104. The molecule has 3 N–H and O–H groups in total. The van der Waals surface area contributed by atoms with E-state index in [1.165, 1.54) is 5.01 Å². The van der Waals surface area contributed by atoms with Gasteiger partial charge in [-0.3, -0.25) is 9.59 Å². The fourth-order valence-electron chi connectivity index (χ4n) is 4.57. The first-order valence-electron chi connectivity index (χ1n) is 10.6. The topological polar surface area (TPSA) is 106 Å². The van der Waals surface area contributed by atoms with Gasteiger partial charge >= 0.3 is 0 Å². The smallest absolute Gasteiger partial charge is 0.298 e. The second-order valence-corrected chi connectivity index (χ2v) is 8.29. The van der Waals surface area contributed by atoms with E-state index in [1.54, 1.807) is 6.26 Å². The van der Waals surface area contributed by atoms with Gasteiger partial charge < -0.3 is 19.5 Å². The lowest BCUT2D eigenvalue weighted by Gasteiger charge is -2.29. The first-order chi connectivity index (χ1) is 15.1. The third-order valence-electron chi connectivity index (χ3n) is 6.17. The van der Waals surface area contributed by atoms with Crippen molar-refractivity contribution in [2.45, 2.75) is 25.3 Å². The van der Waals surface area contributed by atoms with Crippen LogP contribution in [0.3, 0.4) is 0 Å². The van der Waals surface area contributed by atoms with Gasteiger partial charge in [-0.15, -0.1) is 0 Å². The average Bonchev–Trinajstić information content (AvgIpc) is 3.52. The molecule has 2 amide bonds. The predicted molar refractivity (Wildman–Crippen MR) is 113 cm³/mol. The van der Waals surface area contributed by atoms with Crippen molar-refractivity contribution in [3.8, 4) is 0 Å². The number of hydrogen-bond donors (Lipinski definition) is 2. The van der Waals surface area contributed by atoms with Gasteiger partial charge in [-0.05, 0) is 37.1 Å². The number of amides is 2. The van der Waals surface area contributed by atoms with E-state index in [4.69, 9.17) is 14.6 Å². The molecule has 5 rings (SSSR count). The fourth-order valence-corrected chi connectivity index (χ4v) is 4.57. The Morgan fingerprint density at radius 1 is 1.23 bits per heavy atom. The molecule has 3 aromatic rings. The molecule has 4 heterocycles. The van der Waals surface area contributed by atoms with Gasteiger partial charge in [0.25, 0.3) is 5.91 Å². The predicted octanol–water partition coefficient (Wildman–Crippen LogP) is 1.48. The minimum atomic E-state index is -0.318. The minimum Gasteiger partial charge on any atom is -0.467 e. The summed E-state index contributed by atoms with van der Waals surface area (Å²) < 4.78 is 11.6. The number of carbonyl (C=O) groups excluding carboxylic acids is 2. The summed E-state index contributed by atoms with van der Waals surface area (Å²) in [5.74, 6) is 0.779. The van der Waals surface area contributed by atoms with E-state index in [2.05, 4.69) is 5.10 Å². The molecule has 1 unspecified atom stereocenters. The number of nitrogens with zero attached hydrogens (tertiary/aromatic N) is 2. The van der Waals surface area contributed by atoms with Gasteiger partial charge in [0, 0.05) is 11.8 Å². The molecular weight excluding hydrogens is 396 g/mol. The van der Waals surface area contributed by atoms with Crippen LogP contribution in [0.25, 0.3) is 11.0 Å². The molecule has 160 valence electrons.